The van der Waals surface area contributed by atoms with Gasteiger partial charge in [-0.2, -0.15) is 4.31 Å². The van der Waals surface area contributed by atoms with Crippen molar-refractivity contribution >= 4 is 21.3 Å². The molecular weight excluding hydrogens is 344 g/mol. The number of nitrogens with zero attached hydrogens (tertiary/aromatic N) is 2. The van der Waals surface area contributed by atoms with Gasteiger partial charge in [-0.15, -0.1) is 0 Å². The summed E-state index contributed by atoms with van der Waals surface area (Å²) in [4.78, 5) is 10.2. The summed E-state index contributed by atoms with van der Waals surface area (Å²) in [5, 5.41) is 11.3. The highest BCUT2D eigenvalue weighted by atomic mass is 32.2. The lowest BCUT2D eigenvalue weighted by Crippen LogP contribution is -2.29. The van der Waals surface area contributed by atoms with E-state index in [2.05, 4.69) is 0 Å². The Morgan fingerprint density at radius 3 is 2.52 bits per heavy atom. The minimum atomic E-state index is -4.00. The lowest BCUT2D eigenvalue weighted by molar-refractivity contribution is -0.387. The van der Waals surface area contributed by atoms with Crippen LogP contribution in [0.5, 0.6) is 5.75 Å². The number of ether oxygens (including phenoxy) is 1. The smallest absolute Gasteiger partial charge is 0.293 e. The van der Waals surface area contributed by atoms with Crippen molar-refractivity contribution in [1.82, 2.24) is 4.31 Å². The number of benzene rings is 2. The molecule has 130 valence electrons. The van der Waals surface area contributed by atoms with Gasteiger partial charge in [0.05, 0.1) is 18.1 Å². The van der Waals surface area contributed by atoms with Crippen molar-refractivity contribution in [3.05, 3.63) is 70.3 Å². The summed E-state index contributed by atoms with van der Waals surface area (Å²) in [6.07, 6.45) is 1.82. The van der Waals surface area contributed by atoms with Crippen LogP contribution in [0.15, 0.2) is 59.5 Å². The molecule has 0 aromatic heterocycles. The van der Waals surface area contributed by atoms with Gasteiger partial charge in [0.25, 0.3) is 15.7 Å². The zero-order valence-electron chi connectivity index (χ0n) is 13.5. The van der Waals surface area contributed by atoms with Crippen LogP contribution in [0.25, 0.3) is 5.57 Å². The summed E-state index contributed by atoms with van der Waals surface area (Å²) in [5.74, 6) is 0.232. The molecule has 0 N–H and O–H groups in total. The van der Waals surface area contributed by atoms with Crippen molar-refractivity contribution in [3.63, 3.8) is 0 Å². The Labute approximate surface area is 145 Å². The Bertz CT molecular complexity index is 939. The molecule has 1 aliphatic heterocycles. The monoisotopic (exact) mass is 360 g/mol. The number of nitro groups is 1. The maximum absolute atomic E-state index is 12.9. The molecule has 3 rings (SSSR count). The number of sulfonamides is 1. The van der Waals surface area contributed by atoms with E-state index in [9.17, 15) is 18.5 Å². The number of methoxy groups -OCH3 is 1. The quantitative estimate of drug-likeness (QED) is 0.604. The Morgan fingerprint density at radius 1 is 1.16 bits per heavy atom. The zero-order valence-corrected chi connectivity index (χ0v) is 14.3. The molecule has 0 radical (unpaired) electrons. The molecule has 1 heterocycles. The van der Waals surface area contributed by atoms with Gasteiger partial charge in [0.15, 0.2) is 4.90 Å². The lowest BCUT2D eigenvalue weighted by atomic mass is 10.1. The normalized spacial score (nSPS) is 15.0. The first-order chi connectivity index (χ1) is 11.9. The largest absolute Gasteiger partial charge is 0.497 e. The van der Waals surface area contributed by atoms with E-state index in [0.717, 1.165) is 17.2 Å². The predicted octanol–water partition coefficient (Wildman–Crippen LogP) is 2.69. The molecule has 7 nitrogen and oxygen atoms in total. The van der Waals surface area contributed by atoms with Crippen molar-refractivity contribution in [2.45, 2.75) is 4.90 Å². The van der Waals surface area contributed by atoms with Crippen molar-refractivity contribution in [3.8, 4) is 5.75 Å². The molecule has 0 aliphatic carbocycles. The Kier molecular flexibility index (Phi) is 4.56. The summed E-state index contributed by atoms with van der Waals surface area (Å²) >= 11 is 0. The van der Waals surface area contributed by atoms with Gasteiger partial charge in [-0.1, -0.05) is 36.4 Å². The molecule has 0 atom stereocenters. The van der Waals surface area contributed by atoms with Gasteiger partial charge in [-0.05, 0) is 23.3 Å². The average molecular weight is 360 g/mol. The van der Waals surface area contributed by atoms with Crippen molar-refractivity contribution in [2.24, 2.45) is 0 Å². The molecule has 8 heteroatoms. The van der Waals surface area contributed by atoms with Gasteiger partial charge in [-0.3, -0.25) is 10.1 Å². The summed E-state index contributed by atoms with van der Waals surface area (Å²) in [6, 6.07) is 13.2. The van der Waals surface area contributed by atoms with E-state index in [4.69, 9.17) is 4.74 Å². The van der Waals surface area contributed by atoms with Crippen LogP contribution in [0.1, 0.15) is 5.56 Å². The van der Waals surface area contributed by atoms with E-state index in [1.165, 1.54) is 23.5 Å². The standard InChI is InChI=1S/C17H16N2O5S/c1-24-15-7-8-17(16(11-15)19(20)21)25(22,23)18-10-9-14(12-18)13-5-3-2-4-6-13/h2-9,11H,10,12H2,1H3. The molecule has 0 spiro atoms. The zero-order chi connectivity index (χ0) is 18.0. The molecule has 0 saturated carbocycles. The highest BCUT2D eigenvalue weighted by molar-refractivity contribution is 7.89. The Hall–Kier alpha value is -2.71. The molecular formula is C17H16N2O5S. The van der Waals surface area contributed by atoms with Gasteiger partial charge < -0.3 is 4.74 Å². The van der Waals surface area contributed by atoms with Crippen LogP contribution in [0.2, 0.25) is 0 Å². The third-order valence-corrected chi connectivity index (χ3v) is 5.87. The third kappa shape index (κ3) is 3.26. The SMILES string of the molecule is COc1ccc(S(=O)(=O)N2CC=C(c3ccccc3)C2)c([N+](=O)[O-])c1. The predicted molar refractivity (Wildman–Crippen MR) is 92.8 cm³/mol. The first kappa shape index (κ1) is 17.1. The van der Waals surface area contributed by atoms with Crippen LogP contribution in [0.4, 0.5) is 5.69 Å². The first-order valence-electron chi connectivity index (χ1n) is 7.50. The second kappa shape index (κ2) is 6.66. The maximum atomic E-state index is 12.9. The van der Waals surface area contributed by atoms with Crippen LogP contribution in [-0.2, 0) is 10.0 Å². The minimum absolute atomic E-state index is 0.176. The lowest BCUT2D eigenvalue weighted by Gasteiger charge is -2.17. The second-order valence-corrected chi connectivity index (χ2v) is 7.39. The van der Waals surface area contributed by atoms with Gasteiger partial charge in [0, 0.05) is 13.1 Å². The van der Waals surface area contributed by atoms with Crippen molar-refractivity contribution < 1.29 is 18.1 Å². The van der Waals surface area contributed by atoms with E-state index in [1.807, 2.05) is 36.4 Å². The first-order valence-corrected chi connectivity index (χ1v) is 8.94. The van der Waals surface area contributed by atoms with Gasteiger partial charge in [0.1, 0.15) is 5.75 Å². The van der Waals surface area contributed by atoms with E-state index in [0.29, 0.717) is 0 Å². The van der Waals surface area contributed by atoms with Crippen LogP contribution in [-0.4, -0.2) is 37.8 Å². The maximum Gasteiger partial charge on any atom is 0.293 e. The molecule has 2 aromatic rings. The van der Waals surface area contributed by atoms with E-state index < -0.39 is 20.6 Å². The van der Waals surface area contributed by atoms with E-state index >= 15 is 0 Å². The molecule has 2 aromatic carbocycles. The summed E-state index contributed by atoms with van der Waals surface area (Å²) in [5.41, 5.74) is 1.32. The van der Waals surface area contributed by atoms with E-state index in [1.54, 1.807) is 0 Å². The fourth-order valence-electron chi connectivity index (χ4n) is 2.70. The van der Waals surface area contributed by atoms with E-state index in [-0.39, 0.29) is 23.7 Å². The van der Waals surface area contributed by atoms with Crippen LogP contribution >= 0.6 is 0 Å². The minimum Gasteiger partial charge on any atom is -0.497 e. The highest BCUT2D eigenvalue weighted by Gasteiger charge is 2.34. The van der Waals surface area contributed by atoms with Gasteiger partial charge >= 0.3 is 0 Å². The van der Waals surface area contributed by atoms with Crippen molar-refractivity contribution in [1.29, 1.82) is 0 Å². The topological polar surface area (TPSA) is 89.8 Å². The Balaban J connectivity index is 1.93. The highest BCUT2D eigenvalue weighted by Crippen LogP contribution is 2.33. The molecule has 0 unspecified atom stereocenters. The Morgan fingerprint density at radius 2 is 1.88 bits per heavy atom. The second-order valence-electron chi connectivity index (χ2n) is 5.48. The summed E-state index contributed by atoms with van der Waals surface area (Å²) in [7, 11) is -2.63. The third-order valence-electron chi connectivity index (χ3n) is 4.01. The number of nitro benzene ring substituents is 1. The fraction of sp³-hybridized carbons (Fsp3) is 0.176. The summed E-state index contributed by atoms with van der Waals surface area (Å²) < 4.78 is 31.9. The van der Waals surface area contributed by atoms with Gasteiger partial charge in [-0.25, -0.2) is 8.42 Å². The van der Waals surface area contributed by atoms with Crippen LogP contribution in [0, 0.1) is 10.1 Å². The molecule has 25 heavy (non-hydrogen) atoms. The molecule has 1 aliphatic rings. The van der Waals surface area contributed by atoms with Crippen molar-refractivity contribution in [2.75, 3.05) is 20.2 Å². The molecule has 0 saturated heterocycles. The van der Waals surface area contributed by atoms with Crippen LogP contribution in [0.3, 0.4) is 0 Å². The number of hydrogen-bond acceptors (Lipinski definition) is 5. The number of hydrogen-bond donors (Lipinski definition) is 0. The molecule has 0 bridgehead atoms. The van der Waals surface area contributed by atoms with Crippen LogP contribution < -0.4 is 4.74 Å². The summed E-state index contributed by atoms with van der Waals surface area (Å²) in [6.45, 7) is 0.352. The average Bonchev–Trinajstić information content (AvgIpc) is 3.13. The number of rotatable bonds is 5. The molecule has 0 fully saturated rings. The fourth-order valence-corrected chi connectivity index (χ4v) is 4.20. The van der Waals surface area contributed by atoms with Gasteiger partial charge in [0.2, 0.25) is 0 Å². The molecule has 0 amide bonds.